The summed E-state index contributed by atoms with van der Waals surface area (Å²) in [6.07, 6.45) is -0.0164. The molecule has 1 atom stereocenters. The van der Waals surface area contributed by atoms with E-state index in [0.29, 0.717) is 28.2 Å². The van der Waals surface area contributed by atoms with Gasteiger partial charge in [-0.05, 0) is 23.8 Å². The summed E-state index contributed by atoms with van der Waals surface area (Å²) in [4.78, 5) is 23.8. The van der Waals surface area contributed by atoms with E-state index in [1.54, 1.807) is 66.7 Å². The first kappa shape index (κ1) is 19.1. The maximum atomic E-state index is 12.0. The number of hydrazone groups is 1. The summed E-state index contributed by atoms with van der Waals surface area (Å²) >= 11 is 0. The van der Waals surface area contributed by atoms with Crippen LogP contribution in [0.15, 0.2) is 76.2 Å². The van der Waals surface area contributed by atoms with Crippen LogP contribution < -0.4 is 5.43 Å². The number of carbonyl (C=O) groups excluding carboxylic acids is 2. The molecule has 7 nitrogen and oxygen atoms in total. The molecule has 0 saturated carbocycles. The molecule has 7 heteroatoms. The molecule has 3 rings (SSSR count). The maximum Gasteiger partial charge on any atom is 0.338 e. The van der Waals surface area contributed by atoms with Crippen molar-refractivity contribution in [1.82, 2.24) is 5.43 Å². The monoisotopic (exact) mass is 378 g/mol. The number of hydrogen-bond acceptors (Lipinski definition) is 6. The predicted octanol–water partition coefficient (Wildman–Crippen LogP) is 2.92. The van der Waals surface area contributed by atoms with Crippen LogP contribution in [0.4, 0.5) is 0 Å². The fraction of sp³-hybridized carbons (Fsp3) is 0.0952. The molecule has 2 aromatic carbocycles. The number of aliphatic hydroxyl groups is 1. The molecule has 1 aromatic heterocycles. The molecule has 0 fully saturated rings. The van der Waals surface area contributed by atoms with Gasteiger partial charge in [-0.25, -0.2) is 10.2 Å². The van der Waals surface area contributed by atoms with Gasteiger partial charge < -0.3 is 14.3 Å². The number of esters is 1. The van der Waals surface area contributed by atoms with Crippen molar-refractivity contribution in [2.24, 2.45) is 5.10 Å². The van der Waals surface area contributed by atoms with Crippen LogP contribution in [-0.4, -0.2) is 30.3 Å². The average molecular weight is 378 g/mol. The summed E-state index contributed by atoms with van der Waals surface area (Å²) in [6.45, 7) is 0. The summed E-state index contributed by atoms with van der Waals surface area (Å²) < 4.78 is 10.4. The highest BCUT2D eigenvalue weighted by molar-refractivity contribution is 5.96. The van der Waals surface area contributed by atoms with Crippen LogP contribution in [0.2, 0.25) is 0 Å². The first-order valence-corrected chi connectivity index (χ1v) is 8.43. The molecule has 0 aliphatic heterocycles. The van der Waals surface area contributed by atoms with E-state index >= 15 is 0 Å². The van der Waals surface area contributed by atoms with Crippen LogP contribution in [0.1, 0.15) is 27.8 Å². The first-order chi connectivity index (χ1) is 13.6. The Morgan fingerprint density at radius 1 is 1.07 bits per heavy atom. The molecule has 0 spiro atoms. The van der Waals surface area contributed by atoms with Gasteiger partial charge in [-0.3, -0.25) is 4.79 Å². The molecule has 2 N–H and O–H groups in total. The number of carbonyl (C=O) groups is 2. The molecule has 0 aliphatic carbocycles. The van der Waals surface area contributed by atoms with Gasteiger partial charge in [0.05, 0.1) is 18.9 Å². The standard InChI is InChI=1S/C21H18N2O5/c1-27-21(26)17-10-6-5-9-16(17)18-12-11-15(28-18)13-22-23-20(25)19(24)14-7-3-2-4-8-14/h2-13,19,24H,1H3,(H,23,25)/b22-13+. The van der Waals surface area contributed by atoms with Crippen molar-refractivity contribution >= 4 is 18.1 Å². The Bertz CT molecular complexity index is 995. The summed E-state index contributed by atoms with van der Waals surface area (Å²) in [6, 6.07) is 18.8. The van der Waals surface area contributed by atoms with Crippen molar-refractivity contribution in [3.8, 4) is 11.3 Å². The third kappa shape index (κ3) is 4.33. The van der Waals surface area contributed by atoms with Crippen LogP contribution in [-0.2, 0) is 9.53 Å². The Morgan fingerprint density at radius 3 is 2.54 bits per heavy atom. The molecule has 3 aromatic rings. The molecule has 1 heterocycles. The van der Waals surface area contributed by atoms with Gasteiger partial charge >= 0.3 is 5.97 Å². The normalized spacial score (nSPS) is 11.9. The van der Waals surface area contributed by atoms with Crippen molar-refractivity contribution in [2.75, 3.05) is 7.11 Å². The molecule has 28 heavy (non-hydrogen) atoms. The Hall–Kier alpha value is -3.71. The van der Waals surface area contributed by atoms with Gasteiger partial charge in [-0.2, -0.15) is 5.10 Å². The van der Waals surface area contributed by atoms with Gasteiger partial charge in [0.25, 0.3) is 5.91 Å². The topological polar surface area (TPSA) is 101 Å². The van der Waals surface area contributed by atoms with E-state index in [-0.39, 0.29) is 0 Å². The van der Waals surface area contributed by atoms with Crippen LogP contribution in [0, 0.1) is 0 Å². The predicted molar refractivity (Wildman–Crippen MR) is 103 cm³/mol. The number of benzene rings is 2. The van der Waals surface area contributed by atoms with Gasteiger partial charge in [-0.1, -0.05) is 48.5 Å². The van der Waals surface area contributed by atoms with E-state index in [0.717, 1.165) is 0 Å². The second kappa shape index (κ2) is 8.79. The lowest BCUT2D eigenvalue weighted by atomic mass is 10.1. The van der Waals surface area contributed by atoms with Gasteiger partial charge in [0.1, 0.15) is 11.5 Å². The quantitative estimate of drug-likeness (QED) is 0.390. The van der Waals surface area contributed by atoms with Crippen molar-refractivity contribution < 1.29 is 23.8 Å². The summed E-state index contributed by atoms with van der Waals surface area (Å²) in [5, 5.41) is 13.8. The third-order valence-corrected chi connectivity index (χ3v) is 3.95. The molecule has 0 radical (unpaired) electrons. The maximum absolute atomic E-state index is 12.0. The van der Waals surface area contributed by atoms with Crippen LogP contribution in [0.3, 0.4) is 0 Å². The van der Waals surface area contributed by atoms with Crippen molar-refractivity contribution in [3.63, 3.8) is 0 Å². The minimum Gasteiger partial charge on any atom is -0.465 e. The van der Waals surface area contributed by atoms with Gasteiger partial charge in [-0.15, -0.1) is 0 Å². The molecular weight excluding hydrogens is 360 g/mol. The SMILES string of the molecule is COC(=O)c1ccccc1-c1ccc(/C=N/NC(=O)C(O)c2ccccc2)o1. The van der Waals surface area contributed by atoms with E-state index in [4.69, 9.17) is 9.15 Å². The Morgan fingerprint density at radius 2 is 1.79 bits per heavy atom. The molecule has 0 bridgehead atoms. The lowest BCUT2D eigenvalue weighted by Crippen LogP contribution is -2.25. The highest BCUT2D eigenvalue weighted by Crippen LogP contribution is 2.26. The number of methoxy groups -OCH3 is 1. The zero-order chi connectivity index (χ0) is 19.9. The minimum atomic E-state index is -1.32. The number of ether oxygens (including phenoxy) is 1. The lowest BCUT2D eigenvalue weighted by molar-refractivity contribution is -0.129. The van der Waals surface area contributed by atoms with E-state index in [9.17, 15) is 14.7 Å². The molecule has 0 saturated heterocycles. The number of amides is 1. The zero-order valence-corrected chi connectivity index (χ0v) is 15.0. The number of rotatable bonds is 6. The van der Waals surface area contributed by atoms with E-state index in [2.05, 4.69) is 10.5 Å². The molecular formula is C21H18N2O5. The van der Waals surface area contributed by atoms with Crippen LogP contribution in [0.25, 0.3) is 11.3 Å². The molecule has 0 aliphatic rings. The highest BCUT2D eigenvalue weighted by Gasteiger charge is 2.17. The fourth-order valence-electron chi connectivity index (χ4n) is 2.56. The number of nitrogens with one attached hydrogen (secondary N) is 1. The third-order valence-electron chi connectivity index (χ3n) is 3.95. The molecule has 1 amide bonds. The van der Waals surface area contributed by atoms with E-state index in [1.807, 2.05) is 0 Å². The number of aliphatic hydroxyl groups excluding tert-OH is 1. The number of hydrogen-bond donors (Lipinski definition) is 2. The summed E-state index contributed by atoms with van der Waals surface area (Å²) in [7, 11) is 1.31. The Balaban J connectivity index is 1.68. The van der Waals surface area contributed by atoms with Crippen LogP contribution >= 0.6 is 0 Å². The highest BCUT2D eigenvalue weighted by atomic mass is 16.5. The van der Waals surface area contributed by atoms with Gasteiger partial charge in [0.15, 0.2) is 6.10 Å². The fourth-order valence-corrected chi connectivity index (χ4v) is 2.56. The summed E-state index contributed by atoms with van der Waals surface area (Å²) in [5.74, 6) is -0.308. The molecule has 1 unspecified atom stereocenters. The van der Waals surface area contributed by atoms with Crippen molar-refractivity contribution in [2.45, 2.75) is 6.10 Å². The van der Waals surface area contributed by atoms with Crippen molar-refractivity contribution in [1.29, 1.82) is 0 Å². The lowest BCUT2D eigenvalue weighted by Gasteiger charge is -2.08. The number of nitrogens with zero attached hydrogens (tertiary/aromatic N) is 1. The minimum absolute atomic E-state index is 0.365. The zero-order valence-electron chi connectivity index (χ0n) is 15.0. The van der Waals surface area contributed by atoms with Gasteiger partial charge in [0.2, 0.25) is 0 Å². The average Bonchev–Trinajstić information content (AvgIpc) is 3.22. The first-order valence-electron chi connectivity index (χ1n) is 8.43. The van der Waals surface area contributed by atoms with Crippen LogP contribution in [0.5, 0.6) is 0 Å². The number of furan rings is 1. The smallest absolute Gasteiger partial charge is 0.338 e. The van der Waals surface area contributed by atoms with Crippen molar-refractivity contribution in [3.05, 3.63) is 83.6 Å². The van der Waals surface area contributed by atoms with E-state index in [1.165, 1.54) is 13.3 Å². The molecule has 142 valence electrons. The van der Waals surface area contributed by atoms with E-state index < -0.39 is 18.0 Å². The Labute approximate surface area is 161 Å². The largest absolute Gasteiger partial charge is 0.465 e. The Kier molecular flexibility index (Phi) is 5.98. The van der Waals surface area contributed by atoms with Gasteiger partial charge in [0, 0.05) is 5.56 Å². The summed E-state index contributed by atoms with van der Waals surface area (Å²) in [5.41, 5.74) is 3.69. The second-order valence-corrected chi connectivity index (χ2v) is 5.79. The second-order valence-electron chi connectivity index (χ2n) is 5.79.